The molecule has 0 aromatic carbocycles. The van der Waals surface area contributed by atoms with Gasteiger partial charge in [0.15, 0.2) is 0 Å². The topological polar surface area (TPSA) is 54.0 Å². The van der Waals surface area contributed by atoms with Gasteiger partial charge in [-0.3, -0.25) is 4.79 Å². The molecule has 15 heavy (non-hydrogen) atoms. The second-order valence-corrected chi connectivity index (χ2v) is 4.19. The molecule has 1 rings (SSSR count). The highest BCUT2D eigenvalue weighted by atomic mass is 35.5. The van der Waals surface area contributed by atoms with Gasteiger partial charge in [0, 0.05) is 6.54 Å². The van der Waals surface area contributed by atoms with Gasteiger partial charge in [0.05, 0.1) is 11.2 Å². The van der Waals surface area contributed by atoms with E-state index in [2.05, 4.69) is 15.6 Å². The van der Waals surface area contributed by atoms with E-state index < -0.39 is 0 Å². The first-order valence-corrected chi connectivity index (χ1v) is 5.41. The molecule has 0 radical (unpaired) electrons. The van der Waals surface area contributed by atoms with Gasteiger partial charge >= 0.3 is 0 Å². The highest BCUT2D eigenvalue weighted by Gasteiger charge is 2.07. The molecule has 0 aliphatic carbocycles. The summed E-state index contributed by atoms with van der Waals surface area (Å²) in [7, 11) is 1.90. The maximum absolute atomic E-state index is 11.5. The second-order valence-electron chi connectivity index (χ2n) is 2.96. The number of thiazole rings is 1. The fraction of sp³-hybridized carbons (Fsp3) is 0.556. The maximum Gasteiger partial charge on any atom is 0.263 e. The summed E-state index contributed by atoms with van der Waals surface area (Å²) in [5.74, 6) is -0.0216. The van der Waals surface area contributed by atoms with Crippen molar-refractivity contribution >= 4 is 29.7 Å². The van der Waals surface area contributed by atoms with Crippen LogP contribution in [0.1, 0.15) is 21.1 Å². The van der Waals surface area contributed by atoms with E-state index in [4.69, 9.17) is 0 Å². The van der Waals surface area contributed by atoms with E-state index in [0.29, 0.717) is 11.4 Å². The molecule has 0 spiro atoms. The van der Waals surface area contributed by atoms with E-state index >= 15 is 0 Å². The van der Waals surface area contributed by atoms with Crippen molar-refractivity contribution in [2.45, 2.75) is 13.3 Å². The number of nitrogens with one attached hydrogen (secondary N) is 2. The Bertz CT molecular complexity index is 303. The van der Waals surface area contributed by atoms with E-state index in [-0.39, 0.29) is 18.3 Å². The molecule has 0 unspecified atom stereocenters. The van der Waals surface area contributed by atoms with Crippen LogP contribution in [-0.2, 0) is 0 Å². The largest absolute Gasteiger partial charge is 0.351 e. The lowest BCUT2D eigenvalue weighted by Crippen LogP contribution is -2.25. The molecule has 2 N–H and O–H groups in total. The normalized spacial score (nSPS) is 9.47. The molecule has 1 amide bonds. The number of hydrogen-bond acceptors (Lipinski definition) is 4. The van der Waals surface area contributed by atoms with E-state index in [1.165, 1.54) is 11.3 Å². The van der Waals surface area contributed by atoms with Crippen molar-refractivity contribution in [1.29, 1.82) is 0 Å². The highest BCUT2D eigenvalue weighted by Crippen LogP contribution is 2.10. The molecule has 1 aromatic rings. The van der Waals surface area contributed by atoms with Crippen LogP contribution < -0.4 is 10.6 Å². The van der Waals surface area contributed by atoms with Crippen molar-refractivity contribution in [1.82, 2.24) is 15.6 Å². The molecule has 0 fully saturated rings. The summed E-state index contributed by atoms with van der Waals surface area (Å²) in [6.45, 7) is 3.51. The molecule has 86 valence electrons. The van der Waals surface area contributed by atoms with Crippen molar-refractivity contribution < 1.29 is 4.79 Å². The quantitative estimate of drug-likeness (QED) is 0.772. The number of nitrogens with zero attached hydrogens (tertiary/aromatic N) is 1. The van der Waals surface area contributed by atoms with Crippen LogP contribution in [-0.4, -0.2) is 31.0 Å². The zero-order valence-corrected chi connectivity index (χ0v) is 10.5. The van der Waals surface area contributed by atoms with Gasteiger partial charge in [0.25, 0.3) is 5.91 Å². The first kappa shape index (κ1) is 14.3. The van der Waals surface area contributed by atoms with Gasteiger partial charge in [-0.25, -0.2) is 4.98 Å². The standard InChI is InChI=1S/C9H15N3OS.ClH/c1-7-12-6-8(14-7)9(13)11-5-3-4-10-2;/h6,10H,3-5H2,1-2H3,(H,11,13);1H. The van der Waals surface area contributed by atoms with Crippen molar-refractivity contribution in [2.24, 2.45) is 0 Å². The monoisotopic (exact) mass is 249 g/mol. The van der Waals surface area contributed by atoms with Crippen LogP contribution in [0.15, 0.2) is 6.20 Å². The Morgan fingerprint density at radius 2 is 2.27 bits per heavy atom. The fourth-order valence-corrected chi connectivity index (χ4v) is 1.71. The van der Waals surface area contributed by atoms with Gasteiger partial charge in [0.2, 0.25) is 0 Å². The zero-order valence-electron chi connectivity index (χ0n) is 8.87. The molecule has 0 bridgehead atoms. The molecule has 0 aliphatic heterocycles. The van der Waals surface area contributed by atoms with Crippen LogP contribution in [0.4, 0.5) is 0 Å². The number of amides is 1. The lowest BCUT2D eigenvalue weighted by Gasteiger charge is -2.01. The van der Waals surface area contributed by atoms with Crippen LogP contribution in [0, 0.1) is 6.92 Å². The summed E-state index contributed by atoms with van der Waals surface area (Å²) in [5, 5.41) is 6.78. The minimum absolute atomic E-state index is 0. The number of aromatic nitrogens is 1. The predicted molar refractivity (Wildman–Crippen MR) is 65.0 cm³/mol. The van der Waals surface area contributed by atoms with Crippen molar-refractivity contribution in [3.63, 3.8) is 0 Å². The molecule has 1 aromatic heterocycles. The highest BCUT2D eigenvalue weighted by molar-refractivity contribution is 7.13. The summed E-state index contributed by atoms with van der Waals surface area (Å²) in [5.41, 5.74) is 0. The molecule has 0 saturated carbocycles. The molecule has 0 saturated heterocycles. The van der Waals surface area contributed by atoms with Gasteiger partial charge in [-0.1, -0.05) is 0 Å². The molecule has 0 atom stereocenters. The summed E-state index contributed by atoms with van der Waals surface area (Å²) in [6.07, 6.45) is 2.56. The van der Waals surface area contributed by atoms with Crippen molar-refractivity contribution in [2.75, 3.05) is 20.1 Å². The van der Waals surface area contributed by atoms with Crippen LogP contribution in [0.3, 0.4) is 0 Å². The molecule has 1 heterocycles. The number of halogens is 1. The van der Waals surface area contributed by atoms with Gasteiger partial charge in [0.1, 0.15) is 4.88 Å². The molecule has 6 heteroatoms. The number of carbonyl (C=O) groups is 1. The maximum atomic E-state index is 11.5. The number of rotatable bonds is 5. The Balaban J connectivity index is 0.00000196. The van der Waals surface area contributed by atoms with E-state index in [1.807, 2.05) is 14.0 Å². The minimum atomic E-state index is -0.0216. The molecular weight excluding hydrogens is 234 g/mol. The SMILES string of the molecule is CNCCCNC(=O)c1cnc(C)s1.Cl. The summed E-state index contributed by atoms with van der Waals surface area (Å²) in [6, 6.07) is 0. The zero-order chi connectivity index (χ0) is 10.4. The number of aryl methyl sites for hydroxylation is 1. The van der Waals surface area contributed by atoms with Crippen LogP contribution in [0.25, 0.3) is 0 Å². The first-order chi connectivity index (χ1) is 6.74. The van der Waals surface area contributed by atoms with Crippen LogP contribution >= 0.6 is 23.7 Å². The molecule has 4 nitrogen and oxygen atoms in total. The first-order valence-electron chi connectivity index (χ1n) is 4.59. The molecule has 0 aliphatic rings. The summed E-state index contributed by atoms with van der Waals surface area (Å²) in [4.78, 5) is 16.2. The third-order valence-electron chi connectivity index (χ3n) is 1.73. The summed E-state index contributed by atoms with van der Waals surface area (Å²) < 4.78 is 0. The Morgan fingerprint density at radius 1 is 1.53 bits per heavy atom. The van der Waals surface area contributed by atoms with Crippen molar-refractivity contribution in [3.05, 3.63) is 16.1 Å². The van der Waals surface area contributed by atoms with Gasteiger partial charge in [-0.05, 0) is 26.9 Å². The Kier molecular flexibility index (Phi) is 7.29. The third kappa shape index (κ3) is 5.11. The lowest BCUT2D eigenvalue weighted by molar-refractivity contribution is 0.0957. The van der Waals surface area contributed by atoms with Crippen molar-refractivity contribution in [3.8, 4) is 0 Å². The van der Waals surface area contributed by atoms with Crippen LogP contribution in [0.2, 0.25) is 0 Å². The summed E-state index contributed by atoms with van der Waals surface area (Å²) >= 11 is 1.42. The third-order valence-corrected chi connectivity index (χ3v) is 2.65. The number of carbonyl (C=O) groups excluding carboxylic acids is 1. The minimum Gasteiger partial charge on any atom is -0.351 e. The number of hydrogen-bond donors (Lipinski definition) is 2. The van der Waals surface area contributed by atoms with Gasteiger partial charge in [-0.2, -0.15) is 0 Å². The average Bonchev–Trinajstić information content (AvgIpc) is 2.59. The Hall–Kier alpha value is -0.650. The predicted octanol–water partition coefficient (Wildman–Crippen LogP) is 1.21. The molecular formula is C9H16ClN3OS. The van der Waals surface area contributed by atoms with Gasteiger partial charge < -0.3 is 10.6 Å². The lowest BCUT2D eigenvalue weighted by atomic mass is 10.4. The smallest absolute Gasteiger partial charge is 0.263 e. The van der Waals surface area contributed by atoms with Crippen LogP contribution in [0.5, 0.6) is 0 Å². The average molecular weight is 250 g/mol. The van der Waals surface area contributed by atoms with E-state index in [9.17, 15) is 4.79 Å². The Morgan fingerprint density at radius 3 is 2.80 bits per heavy atom. The Labute approximate surface area is 99.9 Å². The van der Waals surface area contributed by atoms with Gasteiger partial charge in [-0.15, -0.1) is 23.7 Å². The second kappa shape index (κ2) is 7.62. The van der Waals surface area contributed by atoms with E-state index in [0.717, 1.165) is 18.0 Å². The van der Waals surface area contributed by atoms with E-state index in [1.54, 1.807) is 6.20 Å². The fourth-order valence-electron chi connectivity index (χ4n) is 1.02.